The average Bonchev–Trinajstić information content (AvgIpc) is 3.15. The third-order valence-electron chi connectivity index (χ3n) is 2.98. The van der Waals surface area contributed by atoms with Gasteiger partial charge in [0.05, 0.1) is 6.54 Å². The van der Waals surface area contributed by atoms with Gasteiger partial charge in [-0.1, -0.05) is 34.1 Å². The second kappa shape index (κ2) is 6.85. The molecule has 1 aromatic carbocycles. The molecule has 6 heteroatoms. The lowest BCUT2D eigenvalue weighted by atomic mass is 10.2. The molecule has 1 fully saturated rings. The monoisotopic (exact) mass is 339 g/mol. The first-order valence-electron chi connectivity index (χ1n) is 6.57. The van der Waals surface area contributed by atoms with Crippen molar-refractivity contribution in [1.29, 1.82) is 0 Å². The van der Waals surface area contributed by atoms with E-state index in [0.717, 1.165) is 22.9 Å². The number of carbonyl (C=O) groups is 2. The molecule has 0 aromatic heterocycles. The third kappa shape index (κ3) is 4.94. The standard InChI is InChI=1S/C14H18BrN3O2/c1-18(8-10-4-2-3-5-12(10)15)9-13(19)17-14(20)16-11-6-7-11/h2-5,11H,6-9H2,1H3,(H2,16,17,19,20). The number of urea groups is 1. The highest BCUT2D eigenvalue weighted by atomic mass is 79.9. The summed E-state index contributed by atoms with van der Waals surface area (Å²) in [6.45, 7) is 0.818. The van der Waals surface area contributed by atoms with Gasteiger partial charge in [-0.05, 0) is 31.5 Å². The Morgan fingerprint density at radius 2 is 2.05 bits per heavy atom. The smallest absolute Gasteiger partial charge is 0.321 e. The maximum atomic E-state index is 11.7. The van der Waals surface area contributed by atoms with Crippen LogP contribution >= 0.6 is 15.9 Å². The van der Waals surface area contributed by atoms with E-state index in [1.54, 1.807) is 0 Å². The molecule has 0 heterocycles. The largest absolute Gasteiger partial charge is 0.335 e. The van der Waals surface area contributed by atoms with Crippen LogP contribution in [-0.4, -0.2) is 36.5 Å². The molecule has 1 aliphatic carbocycles. The number of carbonyl (C=O) groups excluding carboxylic acids is 2. The summed E-state index contributed by atoms with van der Waals surface area (Å²) in [5, 5.41) is 5.06. The Balaban J connectivity index is 1.75. The molecule has 0 radical (unpaired) electrons. The summed E-state index contributed by atoms with van der Waals surface area (Å²) in [5.41, 5.74) is 1.10. The number of nitrogens with one attached hydrogen (secondary N) is 2. The predicted octanol–water partition coefficient (Wildman–Crippen LogP) is 1.87. The van der Waals surface area contributed by atoms with Gasteiger partial charge in [0.15, 0.2) is 0 Å². The zero-order chi connectivity index (χ0) is 14.5. The van der Waals surface area contributed by atoms with E-state index in [0.29, 0.717) is 6.54 Å². The molecular formula is C14H18BrN3O2. The van der Waals surface area contributed by atoms with Gasteiger partial charge in [0.2, 0.25) is 5.91 Å². The summed E-state index contributed by atoms with van der Waals surface area (Å²) in [5.74, 6) is -0.294. The van der Waals surface area contributed by atoms with Gasteiger partial charge in [-0.15, -0.1) is 0 Å². The van der Waals surface area contributed by atoms with Crippen molar-refractivity contribution in [2.45, 2.75) is 25.4 Å². The van der Waals surface area contributed by atoms with Crippen LogP contribution in [0.1, 0.15) is 18.4 Å². The number of halogens is 1. The van der Waals surface area contributed by atoms with E-state index in [-0.39, 0.29) is 18.5 Å². The van der Waals surface area contributed by atoms with E-state index in [1.807, 2.05) is 36.2 Å². The van der Waals surface area contributed by atoms with Crippen LogP contribution in [-0.2, 0) is 11.3 Å². The lowest BCUT2D eigenvalue weighted by Gasteiger charge is -2.17. The molecule has 0 bridgehead atoms. The molecule has 0 aliphatic heterocycles. The van der Waals surface area contributed by atoms with Crippen LogP contribution in [0, 0.1) is 0 Å². The van der Waals surface area contributed by atoms with E-state index in [4.69, 9.17) is 0 Å². The fourth-order valence-electron chi connectivity index (χ4n) is 1.83. The minimum Gasteiger partial charge on any atom is -0.335 e. The van der Waals surface area contributed by atoms with Gasteiger partial charge in [-0.25, -0.2) is 4.79 Å². The minimum absolute atomic E-state index is 0.180. The van der Waals surface area contributed by atoms with Crippen molar-refractivity contribution in [2.24, 2.45) is 0 Å². The Hall–Kier alpha value is -1.40. The summed E-state index contributed by atoms with van der Waals surface area (Å²) in [7, 11) is 1.85. The van der Waals surface area contributed by atoms with E-state index >= 15 is 0 Å². The van der Waals surface area contributed by atoms with Gasteiger partial charge < -0.3 is 5.32 Å². The van der Waals surface area contributed by atoms with Crippen LogP contribution in [0.3, 0.4) is 0 Å². The maximum absolute atomic E-state index is 11.7. The third-order valence-corrected chi connectivity index (χ3v) is 3.75. The summed E-state index contributed by atoms with van der Waals surface area (Å²) in [6, 6.07) is 7.72. The number of amides is 3. The van der Waals surface area contributed by atoms with Crippen molar-refractivity contribution in [3.05, 3.63) is 34.3 Å². The Bertz CT molecular complexity index is 503. The van der Waals surface area contributed by atoms with Crippen molar-refractivity contribution in [3.8, 4) is 0 Å². The number of hydrogen-bond donors (Lipinski definition) is 2. The molecule has 1 saturated carbocycles. The number of imide groups is 1. The van der Waals surface area contributed by atoms with Crippen LogP contribution < -0.4 is 10.6 Å². The topological polar surface area (TPSA) is 61.4 Å². The normalized spacial score (nSPS) is 14.2. The average molecular weight is 340 g/mol. The molecule has 3 amide bonds. The summed E-state index contributed by atoms with van der Waals surface area (Å²) < 4.78 is 1.01. The molecule has 5 nitrogen and oxygen atoms in total. The molecule has 2 N–H and O–H groups in total. The van der Waals surface area contributed by atoms with Crippen molar-refractivity contribution in [2.75, 3.05) is 13.6 Å². The zero-order valence-corrected chi connectivity index (χ0v) is 12.9. The Morgan fingerprint density at radius 3 is 2.70 bits per heavy atom. The minimum atomic E-state index is -0.396. The summed E-state index contributed by atoms with van der Waals surface area (Å²) in [4.78, 5) is 25.0. The molecule has 0 saturated heterocycles. The molecule has 20 heavy (non-hydrogen) atoms. The number of hydrogen-bond acceptors (Lipinski definition) is 3. The zero-order valence-electron chi connectivity index (χ0n) is 11.4. The van der Waals surface area contributed by atoms with Crippen molar-refractivity contribution in [1.82, 2.24) is 15.5 Å². The predicted molar refractivity (Wildman–Crippen MR) is 80.2 cm³/mol. The quantitative estimate of drug-likeness (QED) is 0.860. The van der Waals surface area contributed by atoms with Crippen molar-refractivity contribution >= 4 is 27.9 Å². The van der Waals surface area contributed by atoms with Crippen LogP contribution in [0.25, 0.3) is 0 Å². The van der Waals surface area contributed by atoms with Crippen LogP contribution in [0.2, 0.25) is 0 Å². The summed E-state index contributed by atoms with van der Waals surface area (Å²) in [6.07, 6.45) is 2.01. The van der Waals surface area contributed by atoms with E-state index in [2.05, 4.69) is 26.6 Å². The first-order valence-corrected chi connectivity index (χ1v) is 7.36. The number of likely N-dealkylation sites (N-methyl/N-ethyl adjacent to an activating group) is 1. The SMILES string of the molecule is CN(CC(=O)NC(=O)NC1CC1)Cc1ccccc1Br. The fourth-order valence-corrected chi connectivity index (χ4v) is 2.24. The molecule has 1 aromatic rings. The second-order valence-electron chi connectivity index (χ2n) is 5.06. The number of rotatable bonds is 5. The lowest BCUT2D eigenvalue weighted by Crippen LogP contribution is -2.44. The second-order valence-corrected chi connectivity index (χ2v) is 5.91. The van der Waals surface area contributed by atoms with Gasteiger partial charge in [0, 0.05) is 17.1 Å². The fraction of sp³-hybridized carbons (Fsp3) is 0.429. The number of nitrogens with zero attached hydrogens (tertiary/aromatic N) is 1. The van der Waals surface area contributed by atoms with Crippen LogP contribution in [0.5, 0.6) is 0 Å². The van der Waals surface area contributed by atoms with Gasteiger partial charge in [-0.3, -0.25) is 15.0 Å². The van der Waals surface area contributed by atoms with Crippen LogP contribution in [0.15, 0.2) is 28.7 Å². The van der Waals surface area contributed by atoms with Gasteiger partial charge in [0.25, 0.3) is 0 Å². The Kier molecular flexibility index (Phi) is 5.14. The van der Waals surface area contributed by atoms with E-state index < -0.39 is 6.03 Å². The van der Waals surface area contributed by atoms with Gasteiger partial charge in [-0.2, -0.15) is 0 Å². The van der Waals surface area contributed by atoms with Gasteiger partial charge in [0.1, 0.15) is 0 Å². The Morgan fingerprint density at radius 1 is 1.35 bits per heavy atom. The van der Waals surface area contributed by atoms with Crippen LogP contribution in [0.4, 0.5) is 4.79 Å². The lowest BCUT2D eigenvalue weighted by molar-refractivity contribution is -0.120. The van der Waals surface area contributed by atoms with E-state index in [1.165, 1.54) is 0 Å². The highest BCUT2D eigenvalue weighted by molar-refractivity contribution is 9.10. The molecule has 0 spiro atoms. The first kappa shape index (κ1) is 15.0. The van der Waals surface area contributed by atoms with Crippen molar-refractivity contribution in [3.63, 3.8) is 0 Å². The van der Waals surface area contributed by atoms with Crippen molar-refractivity contribution < 1.29 is 9.59 Å². The summed E-state index contributed by atoms with van der Waals surface area (Å²) >= 11 is 3.47. The Labute approximate surface area is 126 Å². The molecule has 0 atom stereocenters. The highest BCUT2D eigenvalue weighted by Crippen LogP contribution is 2.18. The van der Waals surface area contributed by atoms with Gasteiger partial charge >= 0.3 is 6.03 Å². The molecule has 108 valence electrons. The highest BCUT2D eigenvalue weighted by Gasteiger charge is 2.24. The molecule has 0 unspecified atom stereocenters. The molecule has 1 aliphatic rings. The molecule has 2 rings (SSSR count). The molecular weight excluding hydrogens is 322 g/mol. The maximum Gasteiger partial charge on any atom is 0.321 e. The van der Waals surface area contributed by atoms with E-state index in [9.17, 15) is 9.59 Å². The number of benzene rings is 1. The first-order chi connectivity index (χ1) is 9.54.